The monoisotopic (exact) mass is 258 g/mol. The maximum absolute atomic E-state index is 11.5. The van der Waals surface area contributed by atoms with E-state index in [1.54, 1.807) is 0 Å². The van der Waals surface area contributed by atoms with E-state index in [-0.39, 0.29) is 18.2 Å². The standard InChI is InChI=1S/C13H26N2O3/c1-2-3-9-18-10-8-14-13(17)15-11-4-6-12(16)7-5-11/h11-12,16H,2-10H2,1H3,(H2,14,15,17). The van der Waals surface area contributed by atoms with Crippen molar-refractivity contribution in [3.8, 4) is 0 Å². The largest absolute Gasteiger partial charge is 0.393 e. The van der Waals surface area contributed by atoms with Crippen molar-refractivity contribution in [2.24, 2.45) is 0 Å². The van der Waals surface area contributed by atoms with Crippen molar-refractivity contribution in [2.45, 2.75) is 57.6 Å². The first-order valence-electron chi connectivity index (χ1n) is 7.02. The maximum atomic E-state index is 11.5. The van der Waals surface area contributed by atoms with E-state index in [0.29, 0.717) is 13.2 Å². The van der Waals surface area contributed by atoms with Crippen molar-refractivity contribution >= 4 is 6.03 Å². The Bertz CT molecular complexity index is 228. The van der Waals surface area contributed by atoms with Gasteiger partial charge in [0.25, 0.3) is 0 Å². The molecule has 1 aliphatic carbocycles. The molecule has 1 fully saturated rings. The third kappa shape index (κ3) is 6.81. The molecule has 0 aromatic carbocycles. The molecule has 106 valence electrons. The fourth-order valence-corrected chi connectivity index (χ4v) is 2.04. The second-order valence-electron chi connectivity index (χ2n) is 4.87. The fourth-order valence-electron chi connectivity index (χ4n) is 2.04. The minimum atomic E-state index is -0.182. The number of hydrogen-bond acceptors (Lipinski definition) is 3. The molecule has 1 aliphatic rings. The lowest BCUT2D eigenvalue weighted by molar-refractivity contribution is 0.116. The molecule has 1 rings (SSSR count). The maximum Gasteiger partial charge on any atom is 0.315 e. The number of rotatable bonds is 7. The number of carbonyl (C=O) groups is 1. The fraction of sp³-hybridized carbons (Fsp3) is 0.923. The van der Waals surface area contributed by atoms with E-state index in [4.69, 9.17) is 4.74 Å². The van der Waals surface area contributed by atoms with Crippen molar-refractivity contribution in [3.63, 3.8) is 0 Å². The van der Waals surface area contributed by atoms with Crippen LogP contribution in [0.1, 0.15) is 45.4 Å². The molecule has 0 bridgehead atoms. The molecule has 0 aromatic heterocycles. The van der Waals surface area contributed by atoms with Gasteiger partial charge in [0, 0.05) is 19.2 Å². The highest BCUT2D eigenvalue weighted by molar-refractivity contribution is 5.74. The Kier molecular flexibility index (Phi) is 7.76. The summed E-state index contributed by atoms with van der Waals surface area (Å²) in [4.78, 5) is 11.5. The van der Waals surface area contributed by atoms with Crippen LogP contribution < -0.4 is 10.6 Å². The molecule has 0 aliphatic heterocycles. The van der Waals surface area contributed by atoms with Gasteiger partial charge in [-0.2, -0.15) is 0 Å². The summed E-state index contributed by atoms with van der Waals surface area (Å²) >= 11 is 0. The number of nitrogens with one attached hydrogen (secondary N) is 2. The van der Waals surface area contributed by atoms with Crippen LogP contribution in [-0.2, 0) is 4.74 Å². The molecular weight excluding hydrogens is 232 g/mol. The molecule has 5 nitrogen and oxygen atoms in total. The first-order chi connectivity index (χ1) is 8.72. The molecule has 0 saturated heterocycles. The zero-order chi connectivity index (χ0) is 13.2. The van der Waals surface area contributed by atoms with Crippen molar-refractivity contribution in [1.29, 1.82) is 0 Å². The van der Waals surface area contributed by atoms with Crippen LogP contribution in [0, 0.1) is 0 Å². The SMILES string of the molecule is CCCCOCCNC(=O)NC1CCC(O)CC1. The third-order valence-corrected chi connectivity index (χ3v) is 3.21. The first-order valence-corrected chi connectivity index (χ1v) is 7.02. The second-order valence-corrected chi connectivity index (χ2v) is 4.87. The van der Waals surface area contributed by atoms with Crippen LogP contribution >= 0.6 is 0 Å². The van der Waals surface area contributed by atoms with Gasteiger partial charge in [-0.1, -0.05) is 13.3 Å². The van der Waals surface area contributed by atoms with E-state index >= 15 is 0 Å². The summed E-state index contributed by atoms with van der Waals surface area (Å²) in [6, 6.07) is 0.0740. The Morgan fingerprint density at radius 2 is 2.00 bits per heavy atom. The quantitative estimate of drug-likeness (QED) is 0.605. The van der Waals surface area contributed by atoms with Crippen LogP contribution in [0.5, 0.6) is 0 Å². The Balaban J connectivity index is 1.97. The van der Waals surface area contributed by atoms with Gasteiger partial charge in [-0.25, -0.2) is 4.79 Å². The molecule has 0 atom stereocenters. The van der Waals surface area contributed by atoms with E-state index in [2.05, 4.69) is 17.6 Å². The van der Waals surface area contributed by atoms with Gasteiger partial charge in [0.2, 0.25) is 0 Å². The van der Waals surface area contributed by atoms with Gasteiger partial charge in [0.1, 0.15) is 0 Å². The van der Waals surface area contributed by atoms with Crippen LogP contribution in [0.25, 0.3) is 0 Å². The molecule has 0 heterocycles. The second kappa shape index (κ2) is 9.16. The minimum absolute atomic E-state index is 0.129. The molecule has 18 heavy (non-hydrogen) atoms. The predicted octanol–water partition coefficient (Wildman–Crippen LogP) is 1.41. The molecular formula is C13H26N2O3. The van der Waals surface area contributed by atoms with Crippen molar-refractivity contribution in [1.82, 2.24) is 10.6 Å². The highest BCUT2D eigenvalue weighted by atomic mass is 16.5. The van der Waals surface area contributed by atoms with E-state index in [1.165, 1.54) is 0 Å². The number of aliphatic hydroxyl groups is 1. The Morgan fingerprint density at radius 3 is 2.67 bits per heavy atom. The van der Waals surface area contributed by atoms with Gasteiger partial charge in [-0.05, 0) is 32.1 Å². The number of hydrogen-bond donors (Lipinski definition) is 3. The van der Waals surface area contributed by atoms with Crippen molar-refractivity contribution < 1.29 is 14.6 Å². The molecule has 5 heteroatoms. The van der Waals surface area contributed by atoms with E-state index in [0.717, 1.165) is 45.1 Å². The van der Waals surface area contributed by atoms with Crippen LogP contribution in [0.3, 0.4) is 0 Å². The van der Waals surface area contributed by atoms with E-state index in [9.17, 15) is 9.90 Å². The Hall–Kier alpha value is -0.810. The number of urea groups is 1. The minimum Gasteiger partial charge on any atom is -0.393 e. The highest BCUT2D eigenvalue weighted by Crippen LogP contribution is 2.17. The topological polar surface area (TPSA) is 70.6 Å². The summed E-state index contributed by atoms with van der Waals surface area (Å²) in [6.07, 6.45) is 5.30. The smallest absolute Gasteiger partial charge is 0.315 e. The summed E-state index contributed by atoms with van der Waals surface area (Å²) in [5.74, 6) is 0. The number of aliphatic hydroxyl groups excluding tert-OH is 1. The lowest BCUT2D eigenvalue weighted by Crippen LogP contribution is -2.45. The lowest BCUT2D eigenvalue weighted by atomic mass is 9.93. The molecule has 1 saturated carbocycles. The van der Waals surface area contributed by atoms with Crippen LogP contribution in [-0.4, -0.2) is 43.0 Å². The zero-order valence-electron chi connectivity index (χ0n) is 11.3. The number of carbonyl (C=O) groups excluding carboxylic acids is 1. The molecule has 0 unspecified atom stereocenters. The predicted molar refractivity (Wildman–Crippen MR) is 70.5 cm³/mol. The van der Waals surface area contributed by atoms with Crippen molar-refractivity contribution in [3.05, 3.63) is 0 Å². The van der Waals surface area contributed by atoms with Gasteiger partial charge in [0.05, 0.1) is 12.7 Å². The molecule has 2 amide bonds. The Morgan fingerprint density at radius 1 is 1.28 bits per heavy atom. The highest BCUT2D eigenvalue weighted by Gasteiger charge is 2.20. The lowest BCUT2D eigenvalue weighted by Gasteiger charge is -2.26. The number of amides is 2. The number of unbranched alkanes of at least 4 members (excludes halogenated alkanes) is 1. The average Bonchev–Trinajstić information content (AvgIpc) is 2.36. The molecule has 0 radical (unpaired) electrons. The molecule has 0 aromatic rings. The Labute approximate surface area is 109 Å². The third-order valence-electron chi connectivity index (χ3n) is 3.21. The number of ether oxygens (including phenoxy) is 1. The summed E-state index contributed by atoms with van der Waals surface area (Å²) in [6.45, 7) is 4.00. The van der Waals surface area contributed by atoms with Gasteiger partial charge in [0.15, 0.2) is 0 Å². The van der Waals surface area contributed by atoms with E-state index < -0.39 is 0 Å². The zero-order valence-corrected chi connectivity index (χ0v) is 11.3. The molecule has 0 spiro atoms. The van der Waals surface area contributed by atoms with Gasteiger partial charge in [-0.3, -0.25) is 0 Å². The van der Waals surface area contributed by atoms with Crippen LogP contribution in [0.4, 0.5) is 4.79 Å². The van der Waals surface area contributed by atoms with Crippen molar-refractivity contribution in [2.75, 3.05) is 19.8 Å². The first kappa shape index (κ1) is 15.2. The summed E-state index contributed by atoms with van der Waals surface area (Å²) < 4.78 is 5.35. The summed E-state index contributed by atoms with van der Waals surface area (Å²) in [7, 11) is 0. The normalized spacial score (nSPS) is 23.7. The van der Waals surface area contributed by atoms with Crippen LogP contribution in [0.15, 0.2) is 0 Å². The van der Waals surface area contributed by atoms with Gasteiger partial charge in [-0.15, -0.1) is 0 Å². The average molecular weight is 258 g/mol. The van der Waals surface area contributed by atoms with Gasteiger partial charge >= 0.3 is 6.03 Å². The van der Waals surface area contributed by atoms with Gasteiger partial charge < -0.3 is 20.5 Å². The summed E-state index contributed by atoms with van der Waals surface area (Å²) in [5, 5.41) is 15.1. The van der Waals surface area contributed by atoms with E-state index in [1.807, 2.05) is 0 Å². The van der Waals surface area contributed by atoms with Crippen LogP contribution in [0.2, 0.25) is 0 Å². The summed E-state index contributed by atoms with van der Waals surface area (Å²) in [5.41, 5.74) is 0. The molecule has 3 N–H and O–H groups in total.